The fourth-order valence-corrected chi connectivity index (χ4v) is 1.52. The molecule has 0 saturated heterocycles. The molecule has 6 nitrogen and oxygen atoms in total. The number of rotatable bonds is 5. The van der Waals surface area contributed by atoms with Crippen LogP contribution >= 0.6 is 0 Å². The van der Waals surface area contributed by atoms with Gasteiger partial charge in [-0.15, -0.1) is 0 Å². The molecule has 104 valence electrons. The minimum absolute atomic E-state index is 0.0529. The van der Waals surface area contributed by atoms with Crippen LogP contribution in [0.1, 0.15) is 19.5 Å². The van der Waals surface area contributed by atoms with Crippen LogP contribution in [-0.2, 0) is 21.4 Å². The monoisotopic (exact) mass is 265 g/mol. The third-order valence-corrected chi connectivity index (χ3v) is 2.69. The van der Waals surface area contributed by atoms with E-state index in [1.165, 1.54) is 18.1 Å². The van der Waals surface area contributed by atoms with Crippen molar-refractivity contribution in [3.63, 3.8) is 0 Å². The molecule has 6 heteroatoms. The maximum Gasteiger partial charge on any atom is 0.325 e. The number of aromatic nitrogens is 2. The van der Waals surface area contributed by atoms with Crippen LogP contribution in [0.3, 0.4) is 0 Å². The van der Waals surface area contributed by atoms with Gasteiger partial charge in [0.05, 0.1) is 12.8 Å². The molecule has 0 radical (unpaired) electrons. The summed E-state index contributed by atoms with van der Waals surface area (Å²) in [7, 11) is 3.09. The predicted octanol–water partition coefficient (Wildman–Crippen LogP) is 0.843. The number of nitrogens with zero attached hydrogens (tertiary/aromatic N) is 3. The van der Waals surface area contributed by atoms with Gasteiger partial charge in [-0.05, 0) is 26.0 Å². The molecule has 0 spiro atoms. The molecule has 1 aromatic rings. The average Bonchev–Trinajstić information content (AvgIpc) is 2.77. The SMILES string of the molecule is COC(=O)CN(C(=O)/C=C/c1ccnn1C)C(C)C. The zero-order valence-corrected chi connectivity index (χ0v) is 11.7. The van der Waals surface area contributed by atoms with Crippen LogP contribution in [0.25, 0.3) is 6.08 Å². The highest BCUT2D eigenvalue weighted by Gasteiger charge is 2.18. The van der Waals surface area contributed by atoms with Gasteiger partial charge in [-0.2, -0.15) is 5.10 Å². The van der Waals surface area contributed by atoms with E-state index in [-0.39, 0.29) is 18.5 Å². The zero-order valence-electron chi connectivity index (χ0n) is 11.7. The summed E-state index contributed by atoms with van der Waals surface area (Å²) in [6.45, 7) is 3.64. The normalized spacial score (nSPS) is 11.0. The average molecular weight is 265 g/mol. The van der Waals surface area contributed by atoms with Crippen molar-refractivity contribution >= 4 is 18.0 Å². The maximum absolute atomic E-state index is 12.0. The smallest absolute Gasteiger partial charge is 0.325 e. The van der Waals surface area contributed by atoms with E-state index in [1.807, 2.05) is 13.8 Å². The second kappa shape index (κ2) is 6.72. The summed E-state index contributed by atoms with van der Waals surface area (Å²) in [5.74, 6) is -0.669. The van der Waals surface area contributed by atoms with Crippen LogP contribution in [0, 0.1) is 0 Å². The van der Waals surface area contributed by atoms with Gasteiger partial charge in [0.15, 0.2) is 0 Å². The molecule has 1 rings (SSSR count). The molecule has 0 atom stereocenters. The van der Waals surface area contributed by atoms with Crippen LogP contribution in [0.2, 0.25) is 0 Å². The first-order chi connectivity index (χ1) is 8.95. The number of methoxy groups -OCH3 is 1. The molecule has 0 aliphatic heterocycles. The fourth-order valence-electron chi connectivity index (χ4n) is 1.52. The summed E-state index contributed by atoms with van der Waals surface area (Å²) in [5, 5.41) is 4.00. The highest BCUT2D eigenvalue weighted by Crippen LogP contribution is 2.04. The fraction of sp³-hybridized carbons (Fsp3) is 0.462. The van der Waals surface area contributed by atoms with E-state index in [2.05, 4.69) is 9.84 Å². The molecule has 0 aliphatic carbocycles. The molecule has 0 aliphatic rings. The van der Waals surface area contributed by atoms with Gasteiger partial charge in [-0.25, -0.2) is 0 Å². The second-order valence-electron chi connectivity index (χ2n) is 4.35. The molecule has 0 unspecified atom stereocenters. The lowest BCUT2D eigenvalue weighted by Crippen LogP contribution is -2.40. The van der Waals surface area contributed by atoms with E-state index in [9.17, 15) is 9.59 Å². The van der Waals surface area contributed by atoms with Crippen molar-refractivity contribution < 1.29 is 14.3 Å². The Kier molecular flexibility index (Phi) is 5.29. The molecular weight excluding hydrogens is 246 g/mol. The van der Waals surface area contributed by atoms with E-state index in [4.69, 9.17) is 0 Å². The number of esters is 1. The van der Waals surface area contributed by atoms with Crippen molar-refractivity contribution in [1.29, 1.82) is 0 Å². The Morgan fingerprint density at radius 2 is 2.21 bits per heavy atom. The topological polar surface area (TPSA) is 64.4 Å². The lowest BCUT2D eigenvalue weighted by atomic mass is 10.3. The molecule has 19 heavy (non-hydrogen) atoms. The largest absolute Gasteiger partial charge is 0.468 e. The lowest BCUT2D eigenvalue weighted by molar-refractivity contribution is -0.146. The van der Waals surface area contributed by atoms with Crippen molar-refractivity contribution in [2.24, 2.45) is 7.05 Å². The van der Waals surface area contributed by atoms with E-state index >= 15 is 0 Å². The quantitative estimate of drug-likeness (QED) is 0.584. The number of hydrogen-bond acceptors (Lipinski definition) is 4. The maximum atomic E-state index is 12.0. The van der Waals surface area contributed by atoms with Gasteiger partial charge >= 0.3 is 5.97 Å². The van der Waals surface area contributed by atoms with Gasteiger partial charge in [0.2, 0.25) is 5.91 Å². The number of carbonyl (C=O) groups excluding carboxylic acids is 2. The summed E-state index contributed by atoms with van der Waals surface area (Å²) in [6, 6.07) is 1.71. The molecule has 0 fully saturated rings. The zero-order chi connectivity index (χ0) is 14.4. The van der Waals surface area contributed by atoms with Crippen LogP contribution < -0.4 is 0 Å². The molecule has 1 heterocycles. The summed E-state index contributed by atoms with van der Waals surface area (Å²) in [5.41, 5.74) is 0.815. The third-order valence-electron chi connectivity index (χ3n) is 2.69. The van der Waals surface area contributed by atoms with Crippen LogP contribution in [0.15, 0.2) is 18.3 Å². The standard InChI is InChI=1S/C13H19N3O3/c1-10(2)16(9-13(18)19-4)12(17)6-5-11-7-8-14-15(11)3/h5-8,10H,9H2,1-4H3/b6-5+. The van der Waals surface area contributed by atoms with Crippen molar-refractivity contribution in [3.05, 3.63) is 24.0 Å². The third kappa shape index (κ3) is 4.24. The predicted molar refractivity (Wildman–Crippen MR) is 71.1 cm³/mol. The first-order valence-electron chi connectivity index (χ1n) is 5.99. The van der Waals surface area contributed by atoms with E-state index in [0.717, 1.165) is 5.69 Å². The van der Waals surface area contributed by atoms with Crippen molar-refractivity contribution in [1.82, 2.24) is 14.7 Å². The van der Waals surface area contributed by atoms with E-state index in [0.29, 0.717) is 0 Å². The molecule has 1 aromatic heterocycles. The number of ether oxygens (including phenoxy) is 1. The van der Waals surface area contributed by atoms with Gasteiger partial charge in [-0.3, -0.25) is 14.3 Å². The first kappa shape index (κ1) is 14.9. The van der Waals surface area contributed by atoms with Crippen LogP contribution in [0.5, 0.6) is 0 Å². The summed E-state index contributed by atoms with van der Waals surface area (Å²) in [4.78, 5) is 24.8. The molecule has 0 bridgehead atoms. The Hall–Kier alpha value is -2.11. The van der Waals surface area contributed by atoms with Gasteiger partial charge in [0.1, 0.15) is 6.54 Å². The van der Waals surface area contributed by atoms with Gasteiger partial charge in [0, 0.05) is 25.4 Å². The van der Waals surface area contributed by atoms with Crippen LogP contribution in [-0.4, -0.2) is 46.3 Å². The summed E-state index contributed by atoms with van der Waals surface area (Å²) < 4.78 is 6.24. The second-order valence-corrected chi connectivity index (χ2v) is 4.35. The number of aryl methyl sites for hydroxylation is 1. The highest BCUT2D eigenvalue weighted by molar-refractivity contribution is 5.93. The van der Waals surface area contributed by atoms with Crippen molar-refractivity contribution in [3.8, 4) is 0 Å². The Morgan fingerprint density at radius 1 is 1.53 bits per heavy atom. The Labute approximate surface area is 112 Å². The Bertz CT molecular complexity index is 477. The lowest BCUT2D eigenvalue weighted by Gasteiger charge is -2.23. The van der Waals surface area contributed by atoms with Crippen LogP contribution in [0.4, 0.5) is 0 Å². The van der Waals surface area contributed by atoms with E-state index in [1.54, 1.807) is 30.1 Å². The van der Waals surface area contributed by atoms with Gasteiger partial charge in [0.25, 0.3) is 0 Å². The number of carbonyl (C=O) groups is 2. The molecule has 1 amide bonds. The minimum atomic E-state index is -0.434. The minimum Gasteiger partial charge on any atom is -0.468 e. The molecule has 0 aromatic carbocycles. The molecule has 0 saturated carbocycles. The van der Waals surface area contributed by atoms with Gasteiger partial charge < -0.3 is 9.64 Å². The Balaban J connectivity index is 2.75. The van der Waals surface area contributed by atoms with Crippen molar-refractivity contribution in [2.45, 2.75) is 19.9 Å². The van der Waals surface area contributed by atoms with E-state index < -0.39 is 5.97 Å². The van der Waals surface area contributed by atoms with Gasteiger partial charge in [-0.1, -0.05) is 0 Å². The Morgan fingerprint density at radius 3 is 2.68 bits per heavy atom. The summed E-state index contributed by atoms with van der Waals surface area (Å²) in [6.07, 6.45) is 4.75. The first-order valence-corrected chi connectivity index (χ1v) is 5.99. The molecular formula is C13H19N3O3. The highest BCUT2D eigenvalue weighted by atomic mass is 16.5. The molecule has 0 N–H and O–H groups in total. The number of amides is 1. The number of hydrogen-bond donors (Lipinski definition) is 0. The summed E-state index contributed by atoms with van der Waals surface area (Å²) >= 11 is 0. The van der Waals surface area contributed by atoms with Crippen molar-refractivity contribution in [2.75, 3.05) is 13.7 Å².